The summed E-state index contributed by atoms with van der Waals surface area (Å²) in [6.45, 7) is 1.07. The maximum atomic E-state index is 11.7. The molecule has 0 fully saturated rings. The van der Waals surface area contributed by atoms with Gasteiger partial charge in [-0.25, -0.2) is 13.6 Å². The van der Waals surface area contributed by atoms with Crippen molar-refractivity contribution >= 4 is 31.9 Å². The summed E-state index contributed by atoms with van der Waals surface area (Å²) < 4.78 is 32.1. The molecule has 0 aliphatic heterocycles. The van der Waals surface area contributed by atoms with E-state index >= 15 is 0 Å². The molecule has 0 aliphatic rings. The fraction of sp³-hybridized carbons (Fsp3) is 0.500. The molecule has 0 bridgehead atoms. The third-order valence-electron chi connectivity index (χ3n) is 2.25. The first-order chi connectivity index (χ1) is 8.86. The lowest BCUT2D eigenvalue weighted by molar-refractivity contribution is 0.0922. The van der Waals surface area contributed by atoms with Gasteiger partial charge in [-0.1, -0.05) is 0 Å². The first-order valence-electron chi connectivity index (χ1n) is 5.45. The second kappa shape index (κ2) is 7.04. The molecule has 1 heterocycles. The molecule has 0 saturated heterocycles. The topological polar surface area (TPSA) is 112 Å². The van der Waals surface area contributed by atoms with Crippen molar-refractivity contribution in [1.82, 2.24) is 5.32 Å². The van der Waals surface area contributed by atoms with Crippen LogP contribution in [0.5, 0.6) is 0 Å². The van der Waals surface area contributed by atoms with Crippen LogP contribution in [0.25, 0.3) is 0 Å². The summed E-state index contributed by atoms with van der Waals surface area (Å²) >= 11 is 2.90. The molecule has 1 aromatic heterocycles. The van der Waals surface area contributed by atoms with Crippen LogP contribution in [0.2, 0.25) is 0 Å². The fourth-order valence-electron chi connectivity index (χ4n) is 1.32. The van der Waals surface area contributed by atoms with Gasteiger partial charge < -0.3 is 14.5 Å². The average Bonchev–Trinajstić information content (AvgIpc) is 2.70. The Hall–Kier alpha value is -0.900. The normalized spacial score (nSPS) is 11.5. The molecular weight excluding hydrogens is 340 g/mol. The number of nitrogens with one attached hydrogen (secondary N) is 1. The molecule has 19 heavy (non-hydrogen) atoms. The Balaban J connectivity index is 2.59. The van der Waals surface area contributed by atoms with E-state index in [-0.39, 0.29) is 15.3 Å². The monoisotopic (exact) mass is 354 g/mol. The zero-order chi connectivity index (χ0) is 14.5. The summed E-state index contributed by atoms with van der Waals surface area (Å²) in [6, 6.07) is 1.09. The van der Waals surface area contributed by atoms with E-state index in [0.717, 1.165) is 18.9 Å². The highest BCUT2D eigenvalue weighted by molar-refractivity contribution is 9.10. The van der Waals surface area contributed by atoms with Crippen molar-refractivity contribution in [3.8, 4) is 0 Å². The third kappa shape index (κ3) is 4.94. The van der Waals surface area contributed by atoms with Crippen LogP contribution in [-0.4, -0.2) is 34.6 Å². The Kier molecular flexibility index (Phi) is 5.98. The highest BCUT2D eigenvalue weighted by Crippen LogP contribution is 2.24. The SMILES string of the molecule is COCCCCNC(=O)c1cc(S(N)(=O)=O)c(Br)o1. The van der Waals surface area contributed by atoms with Gasteiger partial charge in [0.25, 0.3) is 5.91 Å². The second-order valence-corrected chi connectivity index (χ2v) is 6.00. The summed E-state index contributed by atoms with van der Waals surface area (Å²) in [5.41, 5.74) is 0. The molecule has 1 amide bonds. The number of unbranched alkanes of at least 4 members (excludes halogenated alkanes) is 1. The van der Waals surface area contributed by atoms with Crippen LogP contribution in [-0.2, 0) is 14.8 Å². The van der Waals surface area contributed by atoms with Gasteiger partial charge in [0.1, 0.15) is 4.90 Å². The van der Waals surface area contributed by atoms with Crippen LogP contribution < -0.4 is 10.5 Å². The Bertz CT molecular complexity index is 540. The summed E-state index contributed by atoms with van der Waals surface area (Å²) in [6.07, 6.45) is 1.57. The Labute approximate surface area is 119 Å². The molecule has 0 unspecified atom stereocenters. The highest BCUT2D eigenvalue weighted by Gasteiger charge is 2.21. The summed E-state index contributed by atoms with van der Waals surface area (Å²) in [7, 11) is -2.31. The standard InChI is InChI=1S/C10H15BrN2O5S/c1-17-5-3-2-4-13-10(14)7-6-8(9(11)18-7)19(12,15)16/h6H,2-5H2,1H3,(H,13,14)(H2,12,15,16). The van der Waals surface area contributed by atoms with E-state index in [4.69, 9.17) is 14.3 Å². The number of primary sulfonamides is 1. The molecule has 0 aromatic carbocycles. The minimum atomic E-state index is -3.92. The van der Waals surface area contributed by atoms with Gasteiger partial charge in [0.15, 0.2) is 10.4 Å². The number of nitrogens with two attached hydrogens (primary N) is 1. The number of methoxy groups -OCH3 is 1. The maximum absolute atomic E-state index is 11.7. The number of halogens is 1. The number of furan rings is 1. The largest absolute Gasteiger partial charge is 0.443 e. The van der Waals surface area contributed by atoms with Crippen molar-refractivity contribution < 1.29 is 22.4 Å². The van der Waals surface area contributed by atoms with E-state index in [1.165, 1.54) is 0 Å². The van der Waals surface area contributed by atoms with Crippen LogP contribution in [0.3, 0.4) is 0 Å². The van der Waals surface area contributed by atoms with Crippen LogP contribution in [0.15, 0.2) is 20.0 Å². The van der Waals surface area contributed by atoms with E-state index in [2.05, 4.69) is 21.2 Å². The number of hydrogen-bond donors (Lipinski definition) is 2. The third-order valence-corrected chi connectivity index (χ3v) is 4.01. The molecule has 1 rings (SSSR count). The predicted octanol–water partition coefficient (Wildman–Crippen LogP) is 0.846. The molecule has 9 heteroatoms. The van der Waals surface area contributed by atoms with E-state index < -0.39 is 15.9 Å². The molecule has 0 spiro atoms. The minimum Gasteiger partial charge on any atom is -0.443 e. The van der Waals surface area contributed by atoms with Gasteiger partial charge in [-0.15, -0.1) is 0 Å². The number of carbonyl (C=O) groups is 1. The predicted molar refractivity (Wildman–Crippen MR) is 71.2 cm³/mol. The van der Waals surface area contributed by atoms with Gasteiger partial charge in [-0.05, 0) is 28.8 Å². The molecule has 0 aliphatic carbocycles. The molecular formula is C10H15BrN2O5S. The van der Waals surface area contributed by atoms with Crippen molar-refractivity contribution in [2.45, 2.75) is 17.7 Å². The number of hydrogen-bond acceptors (Lipinski definition) is 5. The van der Waals surface area contributed by atoms with Gasteiger partial charge in [0.2, 0.25) is 10.0 Å². The lowest BCUT2D eigenvalue weighted by Crippen LogP contribution is -2.24. The maximum Gasteiger partial charge on any atom is 0.287 e. The van der Waals surface area contributed by atoms with E-state index in [1.54, 1.807) is 7.11 Å². The zero-order valence-electron chi connectivity index (χ0n) is 10.3. The second-order valence-electron chi connectivity index (χ2n) is 3.75. The number of sulfonamides is 1. The highest BCUT2D eigenvalue weighted by atomic mass is 79.9. The van der Waals surface area contributed by atoms with E-state index in [9.17, 15) is 13.2 Å². The average molecular weight is 355 g/mol. The lowest BCUT2D eigenvalue weighted by Gasteiger charge is -2.02. The van der Waals surface area contributed by atoms with Crippen molar-refractivity contribution in [1.29, 1.82) is 0 Å². The smallest absolute Gasteiger partial charge is 0.287 e. The molecule has 0 radical (unpaired) electrons. The van der Waals surface area contributed by atoms with Crippen molar-refractivity contribution in [2.75, 3.05) is 20.3 Å². The van der Waals surface area contributed by atoms with Crippen LogP contribution in [0.1, 0.15) is 23.4 Å². The van der Waals surface area contributed by atoms with Crippen molar-refractivity contribution in [3.63, 3.8) is 0 Å². The van der Waals surface area contributed by atoms with Crippen molar-refractivity contribution in [2.24, 2.45) is 5.14 Å². The van der Waals surface area contributed by atoms with Crippen LogP contribution in [0.4, 0.5) is 0 Å². The van der Waals surface area contributed by atoms with Gasteiger partial charge in [0, 0.05) is 26.3 Å². The van der Waals surface area contributed by atoms with Crippen LogP contribution >= 0.6 is 15.9 Å². The minimum absolute atomic E-state index is 0.0838. The summed E-state index contributed by atoms with van der Waals surface area (Å²) in [4.78, 5) is 11.4. The number of ether oxygens (including phenoxy) is 1. The number of amides is 1. The van der Waals surface area contributed by atoms with Gasteiger partial charge in [-0.2, -0.15) is 0 Å². The number of rotatable bonds is 7. The Morgan fingerprint density at radius 2 is 2.21 bits per heavy atom. The quantitative estimate of drug-likeness (QED) is 0.704. The van der Waals surface area contributed by atoms with Gasteiger partial charge >= 0.3 is 0 Å². The molecule has 1 aromatic rings. The fourth-order valence-corrected chi connectivity index (χ4v) is 2.82. The number of carbonyl (C=O) groups excluding carboxylic acids is 1. The van der Waals surface area contributed by atoms with Crippen LogP contribution in [0, 0.1) is 0 Å². The van der Waals surface area contributed by atoms with Crippen molar-refractivity contribution in [3.05, 3.63) is 16.5 Å². The molecule has 0 atom stereocenters. The zero-order valence-corrected chi connectivity index (χ0v) is 12.7. The Morgan fingerprint density at radius 3 is 2.74 bits per heavy atom. The van der Waals surface area contributed by atoms with Gasteiger partial charge in [0.05, 0.1) is 0 Å². The van der Waals surface area contributed by atoms with E-state index in [1.807, 2.05) is 0 Å². The first-order valence-corrected chi connectivity index (χ1v) is 7.79. The molecule has 0 saturated carbocycles. The van der Waals surface area contributed by atoms with Gasteiger partial charge in [-0.3, -0.25) is 4.79 Å². The molecule has 108 valence electrons. The molecule has 3 N–H and O–H groups in total. The Morgan fingerprint density at radius 1 is 1.53 bits per heavy atom. The summed E-state index contributed by atoms with van der Waals surface area (Å²) in [5.74, 6) is -0.601. The molecule has 7 nitrogen and oxygen atoms in total. The lowest BCUT2D eigenvalue weighted by atomic mass is 10.3. The first kappa shape index (κ1) is 16.2. The summed E-state index contributed by atoms with van der Waals surface area (Å²) in [5, 5.41) is 7.57. The van der Waals surface area contributed by atoms with E-state index in [0.29, 0.717) is 13.2 Å².